The molecule has 2 heteroatoms. The number of aliphatic carboxylic acids is 1. The van der Waals surface area contributed by atoms with Crippen LogP contribution in [-0.4, -0.2) is 11.1 Å². The molecule has 0 unspecified atom stereocenters. The summed E-state index contributed by atoms with van der Waals surface area (Å²) in [5, 5.41) is 9.11. The summed E-state index contributed by atoms with van der Waals surface area (Å²) in [5.41, 5.74) is -0.357. The van der Waals surface area contributed by atoms with E-state index in [0.717, 1.165) is 25.7 Å². The monoisotopic (exact) mass is 184 g/mol. The van der Waals surface area contributed by atoms with E-state index in [4.69, 9.17) is 5.11 Å². The van der Waals surface area contributed by atoms with E-state index < -0.39 is 5.97 Å². The number of rotatable bonds is 4. The summed E-state index contributed by atoms with van der Waals surface area (Å²) in [5.74, 6) is 0.654. The highest BCUT2D eigenvalue weighted by Crippen LogP contribution is 2.49. The standard InChI is InChI=1S/C11H20O2/c1-8(2)4-5-11(10(12)13)6-9(3)7-11/h8-9H,4-7H2,1-3H3,(H,12,13). The Morgan fingerprint density at radius 3 is 2.38 bits per heavy atom. The Bertz CT molecular complexity index is 190. The molecule has 76 valence electrons. The second-order valence-corrected chi connectivity index (χ2v) is 5.03. The lowest BCUT2D eigenvalue weighted by Gasteiger charge is -2.43. The van der Waals surface area contributed by atoms with E-state index in [1.165, 1.54) is 0 Å². The van der Waals surface area contributed by atoms with Gasteiger partial charge in [0.1, 0.15) is 0 Å². The molecule has 0 aromatic heterocycles. The largest absolute Gasteiger partial charge is 0.481 e. The summed E-state index contributed by atoms with van der Waals surface area (Å²) >= 11 is 0. The molecule has 1 saturated carbocycles. The Balaban J connectivity index is 2.46. The zero-order valence-electron chi connectivity index (χ0n) is 8.84. The molecule has 0 radical (unpaired) electrons. The summed E-state index contributed by atoms with van der Waals surface area (Å²) in [4.78, 5) is 11.1. The fourth-order valence-corrected chi connectivity index (χ4v) is 2.32. The third-order valence-electron chi connectivity index (χ3n) is 3.13. The molecule has 13 heavy (non-hydrogen) atoms. The van der Waals surface area contributed by atoms with Gasteiger partial charge in [-0.1, -0.05) is 20.8 Å². The Kier molecular flexibility index (Phi) is 2.99. The van der Waals surface area contributed by atoms with Crippen molar-refractivity contribution in [2.45, 2.75) is 46.5 Å². The highest BCUT2D eigenvalue weighted by molar-refractivity contribution is 5.75. The van der Waals surface area contributed by atoms with Gasteiger partial charge < -0.3 is 5.11 Å². The van der Waals surface area contributed by atoms with Crippen LogP contribution in [0.15, 0.2) is 0 Å². The van der Waals surface area contributed by atoms with Crippen LogP contribution in [-0.2, 0) is 4.79 Å². The van der Waals surface area contributed by atoms with Gasteiger partial charge >= 0.3 is 5.97 Å². The average Bonchev–Trinajstić information content (AvgIpc) is 1.94. The number of carboxylic acids is 1. The Hall–Kier alpha value is -0.530. The van der Waals surface area contributed by atoms with E-state index in [2.05, 4.69) is 20.8 Å². The lowest BCUT2D eigenvalue weighted by Crippen LogP contribution is -2.43. The molecule has 2 nitrogen and oxygen atoms in total. The van der Waals surface area contributed by atoms with Crippen molar-refractivity contribution >= 4 is 5.97 Å². The van der Waals surface area contributed by atoms with Crippen LogP contribution in [0.3, 0.4) is 0 Å². The summed E-state index contributed by atoms with van der Waals surface area (Å²) in [6.45, 7) is 6.44. The van der Waals surface area contributed by atoms with E-state index >= 15 is 0 Å². The van der Waals surface area contributed by atoms with Gasteiger partial charge in [0.05, 0.1) is 5.41 Å². The van der Waals surface area contributed by atoms with Crippen molar-refractivity contribution in [2.75, 3.05) is 0 Å². The molecule has 0 bridgehead atoms. The second kappa shape index (κ2) is 3.69. The van der Waals surface area contributed by atoms with E-state index in [9.17, 15) is 4.79 Å². The molecular weight excluding hydrogens is 164 g/mol. The van der Waals surface area contributed by atoms with Gasteiger partial charge in [0, 0.05) is 0 Å². The first kappa shape index (κ1) is 10.6. The van der Waals surface area contributed by atoms with Gasteiger partial charge in [-0.15, -0.1) is 0 Å². The first-order valence-electron chi connectivity index (χ1n) is 5.20. The summed E-state index contributed by atoms with van der Waals surface area (Å²) in [6, 6.07) is 0. The highest BCUT2D eigenvalue weighted by atomic mass is 16.4. The second-order valence-electron chi connectivity index (χ2n) is 5.03. The maximum Gasteiger partial charge on any atom is 0.309 e. The lowest BCUT2D eigenvalue weighted by atomic mass is 9.60. The Morgan fingerprint density at radius 1 is 1.54 bits per heavy atom. The maximum absolute atomic E-state index is 11.1. The Morgan fingerprint density at radius 2 is 2.08 bits per heavy atom. The lowest BCUT2D eigenvalue weighted by molar-refractivity contribution is -0.158. The number of hydrogen-bond acceptors (Lipinski definition) is 1. The Labute approximate surface area is 80.3 Å². The van der Waals surface area contributed by atoms with Gasteiger partial charge in [-0.2, -0.15) is 0 Å². The van der Waals surface area contributed by atoms with Crippen LogP contribution in [0.1, 0.15) is 46.5 Å². The molecule has 1 aliphatic carbocycles. The minimum absolute atomic E-state index is 0.357. The van der Waals surface area contributed by atoms with Crippen LogP contribution in [0.2, 0.25) is 0 Å². The van der Waals surface area contributed by atoms with Crippen molar-refractivity contribution in [2.24, 2.45) is 17.3 Å². The van der Waals surface area contributed by atoms with Crippen molar-refractivity contribution < 1.29 is 9.90 Å². The molecule has 1 N–H and O–H groups in total. The molecule has 0 saturated heterocycles. The van der Waals surface area contributed by atoms with Gasteiger partial charge in [0.2, 0.25) is 0 Å². The van der Waals surface area contributed by atoms with Crippen LogP contribution in [0.5, 0.6) is 0 Å². The number of carboxylic acid groups (broad SMARTS) is 1. The molecule has 1 fully saturated rings. The predicted molar refractivity (Wildman–Crippen MR) is 52.5 cm³/mol. The van der Waals surface area contributed by atoms with Crippen LogP contribution in [0, 0.1) is 17.3 Å². The first-order chi connectivity index (χ1) is 5.96. The average molecular weight is 184 g/mol. The fourth-order valence-electron chi connectivity index (χ4n) is 2.32. The van der Waals surface area contributed by atoms with Crippen LogP contribution < -0.4 is 0 Å². The zero-order valence-corrected chi connectivity index (χ0v) is 8.84. The third kappa shape index (κ3) is 2.23. The molecule has 0 aliphatic heterocycles. The molecule has 0 amide bonds. The van der Waals surface area contributed by atoms with Crippen LogP contribution >= 0.6 is 0 Å². The summed E-state index contributed by atoms with van der Waals surface area (Å²) in [7, 11) is 0. The van der Waals surface area contributed by atoms with E-state index in [1.807, 2.05) is 0 Å². The molecule has 1 aliphatic rings. The molecule has 0 aromatic rings. The molecule has 0 aromatic carbocycles. The van der Waals surface area contributed by atoms with E-state index in [0.29, 0.717) is 11.8 Å². The minimum Gasteiger partial charge on any atom is -0.481 e. The number of hydrogen-bond donors (Lipinski definition) is 1. The van der Waals surface area contributed by atoms with Crippen molar-refractivity contribution in [1.82, 2.24) is 0 Å². The van der Waals surface area contributed by atoms with Gasteiger partial charge in [-0.25, -0.2) is 0 Å². The maximum atomic E-state index is 11.1. The van der Waals surface area contributed by atoms with Gasteiger partial charge in [0.25, 0.3) is 0 Å². The molecule has 1 rings (SSSR count). The van der Waals surface area contributed by atoms with Crippen molar-refractivity contribution in [1.29, 1.82) is 0 Å². The summed E-state index contributed by atoms with van der Waals surface area (Å²) in [6.07, 6.45) is 3.67. The smallest absolute Gasteiger partial charge is 0.309 e. The van der Waals surface area contributed by atoms with Crippen molar-refractivity contribution in [3.05, 3.63) is 0 Å². The van der Waals surface area contributed by atoms with Crippen LogP contribution in [0.4, 0.5) is 0 Å². The van der Waals surface area contributed by atoms with Gasteiger partial charge in [-0.3, -0.25) is 4.79 Å². The minimum atomic E-state index is -0.578. The van der Waals surface area contributed by atoms with Gasteiger partial charge in [0.15, 0.2) is 0 Å². The van der Waals surface area contributed by atoms with E-state index in [-0.39, 0.29) is 5.41 Å². The fraction of sp³-hybridized carbons (Fsp3) is 0.909. The normalized spacial score (nSPS) is 33.1. The highest BCUT2D eigenvalue weighted by Gasteiger charge is 2.47. The van der Waals surface area contributed by atoms with Crippen LogP contribution in [0.25, 0.3) is 0 Å². The third-order valence-corrected chi connectivity index (χ3v) is 3.13. The topological polar surface area (TPSA) is 37.3 Å². The molecule has 0 spiro atoms. The van der Waals surface area contributed by atoms with Crippen molar-refractivity contribution in [3.8, 4) is 0 Å². The van der Waals surface area contributed by atoms with Crippen molar-refractivity contribution in [3.63, 3.8) is 0 Å². The molecule has 0 atom stereocenters. The summed E-state index contributed by atoms with van der Waals surface area (Å²) < 4.78 is 0. The van der Waals surface area contributed by atoms with Gasteiger partial charge in [-0.05, 0) is 37.5 Å². The van der Waals surface area contributed by atoms with E-state index in [1.54, 1.807) is 0 Å². The zero-order chi connectivity index (χ0) is 10.1. The molecule has 0 heterocycles. The SMILES string of the molecule is CC(C)CCC1(C(=O)O)CC(C)C1. The number of carbonyl (C=O) groups is 1. The predicted octanol–water partition coefficient (Wildman–Crippen LogP) is 2.92. The first-order valence-corrected chi connectivity index (χ1v) is 5.20. The quantitative estimate of drug-likeness (QED) is 0.729. The molecular formula is C11H20O2.